The largest absolute Gasteiger partial charge is 0.321 e. The average molecular weight is 458 g/mol. The Kier molecular flexibility index (Phi) is 6.41. The van der Waals surface area contributed by atoms with Crippen molar-refractivity contribution >= 4 is 33.2 Å². The van der Waals surface area contributed by atoms with E-state index in [1.807, 2.05) is 6.07 Å². The van der Waals surface area contributed by atoms with Crippen molar-refractivity contribution in [2.75, 3.05) is 28.3 Å². The molecule has 0 spiro atoms. The number of nitrogens with one attached hydrogen (secondary N) is 1. The molecule has 1 amide bonds. The van der Waals surface area contributed by atoms with Crippen molar-refractivity contribution in [1.82, 2.24) is 19.7 Å². The maximum Gasteiger partial charge on any atom is 0.245 e. The maximum absolute atomic E-state index is 12.2. The van der Waals surface area contributed by atoms with Gasteiger partial charge in [0.2, 0.25) is 11.9 Å². The van der Waals surface area contributed by atoms with E-state index in [4.69, 9.17) is 5.26 Å². The van der Waals surface area contributed by atoms with Crippen molar-refractivity contribution in [3.8, 4) is 6.07 Å². The summed E-state index contributed by atoms with van der Waals surface area (Å²) in [4.78, 5) is 22.2. The number of rotatable bonds is 4. The van der Waals surface area contributed by atoms with Gasteiger partial charge in [-0.25, -0.2) is 13.4 Å². The lowest BCUT2D eigenvalue weighted by molar-refractivity contribution is -0.119. The minimum absolute atomic E-state index is 0.0523. The molecule has 0 aromatic carbocycles. The van der Waals surface area contributed by atoms with Gasteiger partial charge in [-0.2, -0.15) is 15.3 Å². The molecule has 3 aliphatic rings. The molecule has 1 aliphatic carbocycles. The predicted octanol–water partition coefficient (Wildman–Crippen LogP) is 2.46. The van der Waals surface area contributed by atoms with E-state index >= 15 is 0 Å². The van der Waals surface area contributed by atoms with Gasteiger partial charge in [0, 0.05) is 18.9 Å². The first-order valence-electron chi connectivity index (χ1n) is 10.9. The molecule has 0 bridgehead atoms. The molecule has 2 aromatic heterocycles. The highest BCUT2D eigenvalue weighted by Crippen LogP contribution is 2.27. The molecule has 170 valence electrons. The maximum atomic E-state index is 12.2. The number of nitriles is 1. The third-order valence-electron chi connectivity index (χ3n) is 5.90. The highest BCUT2D eigenvalue weighted by molar-refractivity contribution is 7.91. The summed E-state index contributed by atoms with van der Waals surface area (Å²) in [6, 6.07) is 3.69. The Balaban J connectivity index is 0.000000552. The first-order chi connectivity index (χ1) is 15.3. The van der Waals surface area contributed by atoms with Gasteiger partial charge in [0.1, 0.15) is 21.6 Å². The van der Waals surface area contributed by atoms with E-state index in [0.717, 1.165) is 5.92 Å². The van der Waals surface area contributed by atoms with Gasteiger partial charge in [-0.1, -0.05) is 19.8 Å². The van der Waals surface area contributed by atoms with Gasteiger partial charge in [-0.3, -0.25) is 14.4 Å². The van der Waals surface area contributed by atoms with Crippen LogP contribution in [0.1, 0.15) is 45.1 Å². The Morgan fingerprint density at radius 3 is 2.53 bits per heavy atom. The molecule has 2 aromatic rings. The van der Waals surface area contributed by atoms with E-state index in [1.54, 1.807) is 29.3 Å². The summed E-state index contributed by atoms with van der Waals surface area (Å²) >= 11 is 0. The fraction of sp³-hybridized carbons (Fsp3) is 0.571. The SMILES string of the molecule is CC1CC1.N#C[C@H]1CCN(c2ccnc(Nc3cnn(C4CCS(=O)(=O)CC4)c3)n2)C1=O. The van der Waals surface area contributed by atoms with Crippen molar-refractivity contribution in [3.63, 3.8) is 0 Å². The lowest BCUT2D eigenvalue weighted by Gasteiger charge is -2.22. The molecule has 1 saturated carbocycles. The lowest BCUT2D eigenvalue weighted by atomic mass is 10.1. The highest BCUT2D eigenvalue weighted by Gasteiger charge is 2.33. The molecule has 0 unspecified atom stereocenters. The monoisotopic (exact) mass is 457 g/mol. The number of sulfone groups is 1. The van der Waals surface area contributed by atoms with Crippen LogP contribution in [0.15, 0.2) is 24.7 Å². The molecule has 5 rings (SSSR count). The Morgan fingerprint density at radius 1 is 1.19 bits per heavy atom. The second-order valence-electron chi connectivity index (χ2n) is 8.60. The fourth-order valence-corrected chi connectivity index (χ4v) is 5.09. The summed E-state index contributed by atoms with van der Waals surface area (Å²) in [5.74, 6) is 1.34. The first-order valence-corrected chi connectivity index (χ1v) is 12.7. The molecule has 10 nitrogen and oxygen atoms in total. The normalized spacial score (nSPS) is 22.7. The zero-order chi connectivity index (χ0) is 22.7. The lowest BCUT2D eigenvalue weighted by Crippen LogP contribution is -2.27. The van der Waals surface area contributed by atoms with Gasteiger partial charge < -0.3 is 5.32 Å². The van der Waals surface area contributed by atoms with Crippen LogP contribution >= 0.6 is 0 Å². The van der Waals surface area contributed by atoms with Gasteiger partial charge in [0.25, 0.3) is 0 Å². The average Bonchev–Trinajstić information content (AvgIpc) is 3.26. The number of carbonyl (C=O) groups is 1. The summed E-state index contributed by atoms with van der Waals surface area (Å²) in [6.45, 7) is 2.73. The molecule has 32 heavy (non-hydrogen) atoms. The molecule has 1 atom stereocenters. The molecule has 2 saturated heterocycles. The molecule has 0 radical (unpaired) electrons. The van der Waals surface area contributed by atoms with Crippen LogP contribution in [0.25, 0.3) is 0 Å². The number of amides is 1. The quantitative estimate of drug-likeness (QED) is 0.740. The summed E-state index contributed by atoms with van der Waals surface area (Å²) in [5, 5.41) is 16.4. The molecule has 4 heterocycles. The first kappa shape index (κ1) is 22.2. The van der Waals surface area contributed by atoms with Crippen LogP contribution in [0, 0.1) is 23.2 Å². The van der Waals surface area contributed by atoms with E-state index in [0.29, 0.717) is 43.3 Å². The second-order valence-corrected chi connectivity index (χ2v) is 10.9. The van der Waals surface area contributed by atoms with Crippen LogP contribution < -0.4 is 10.2 Å². The van der Waals surface area contributed by atoms with Crippen molar-refractivity contribution in [2.24, 2.45) is 11.8 Å². The van der Waals surface area contributed by atoms with Crippen LogP contribution in [-0.2, 0) is 14.6 Å². The molecule has 3 fully saturated rings. The Hall–Kier alpha value is -3.00. The van der Waals surface area contributed by atoms with Crippen LogP contribution in [0.4, 0.5) is 17.5 Å². The van der Waals surface area contributed by atoms with Crippen molar-refractivity contribution in [3.05, 3.63) is 24.7 Å². The third kappa shape index (κ3) is 5.43. The summed E-state index contributed by atoms with van der Waals surface area (Å²) < 4.78 is 24.9. The van der Waals surface area contributed by atoms with Crippen LogP contribution in [-0.4, -0.2) is 52.1 Å². The van der Waals surface area contributed by atoms with E-state index in [9.17, 15) is 13.2 Å². The van der Waals surface area contributed by atoms with E-state index in [2.05, 4.69) is 27.3 Å². The third-order valence-corrected chi connectivity index (χ3v) is 7.62. The van der Waals surface area contributed by atoms with Gasteiger partial charge in [-0.15, -0.1) is 0 Å². The number of hydrogen-bond donors (Lipinski definition) is 1. The number of anilines is 3. The molecular weight excluding hydrogens is 430 g/mol. The molecule has 11 heteroatoms. The molecule has 2 aliphatic heterocycles. The minimum atomic E-state index is -2.92. The predicted molar refractivity (Wildman–Crippen MR) is 119 cm³/mol. The summed E-state index contributed by atoms with van der Waals surface area (Å²) in [5.41, 5.74) is 0.674. The number of hydrogen-bond acceptors (Lipinski definition) is 8. The van der Waals surface area contributed by atoms with Crippen LogP contribution in [0.3, 0.4) is 0 Å². The van der Waals surface area contributed by atoms with E-state index in [1.165, 1.54) is 17.7 Å². The Labute approximate surface area is 187 Å². The Morgan fingerprint density at radius 2 is 1.91 bits per heavy atom. The highest BCUT2D eigenvalue weighted by atomic mass is 32.2. The van der Waals surface area contributed by atoms with Gasteiger partial charge in [0.15, 0.2) is 0 Å². The van der Waals surface area contributed by atoms with Crippen molar-refractivity contribution < 1.29 is 13.2 Å². The van der Waals surface area contributed by atoms with Crippen LogP contribution in [0.2, 0.25) is 0 Å². The number of nitrogens with zero attached hydrogens (tertiary/aromatic N) is 6. The topological polar surface area (TPSA) is 134 Å². The standard InChI is InChI=1S/C17H19N7O3S.C4H8/c18-9-12-2-6-23(16(12)25)15-1-5-19-17(22-15)21-13-10-20-24(11-13)14-3-7-28(26,27)8-4-14;1-4-2-3-4/h1,5,10-12,14H,2-4,6-8H2,(H,19,21,22);4H,2-3H2,1H3/t12-;/m1./s1. The zero-order valence-corrected chi connectivity index (χ0v) is 18.8. The van der Waals surface area contributed by atoms with Gasteiger partial charge in [-0.05, 0) is 31.2 Å². The van der Waals surface area contributed by atoms with E-state index in [-0.39, 0.29) is 23.5 Å². The molecule has 1 N–H and O–H groups in total. The smallest absolute Gasteiger partial charge is 0.245 e. The summed E-state index contributed by atoms with van der Waals surface area (Å²) in [7, 11) is -2.92. The Bertz CT molecular complexity index is 1110. The van der Waals surface area contributed by atoms with Crippen molar-refractivity contribution in [1.29, 1.82) is 5.26 Å². The van der Waals surface area contributed by atoms with E-state index < -0.39 is 15.8 Å². The van der Waals surface area contributed by atoms with Gasteiger partial charge >= 0.3 is 0 Å². The van der Waals surface area contributed by atoms with Crippen LogP contribution in [0.5, 0.6) is 0 Å². The number of carbonyl (C=O) groups excluding carboxylic acids is 1. The number of aromatic nitrogens is 4. The minimum Gasteiger partial charge on any atom is -0.321 e. The van der Waals surface area contributed by atoms with Crippen molar-refractivity contribution in [2.45, 2.75) is 45.1 Å². The molecular formula is C21H27N7O3S. The van der Waals surface area contributed by atoms with Gasteiger partial charge in [0.05, 0.1) is 35.5 Å². The fourth-order valence-electron chi connectivity index (χ4n) is 3.63. The second kappa shape index (κ2) is 9.24. The summed E-state index contributed by atoms with van der Waals surface area (Å²) in [6.07, 6.45) is 9.54. The zero-order valence-electron chi connectivity index (χ0n) is 18.0.